The van der Waals surface area contributed by atoms with Crippen LogP contribution in [0.25, 0.3) is 0 Å². The topological polar surface area (TPSA) is 110 Å². The molecule has 0 aliphatic carbocycles. The Morgan fingerprint density at radius 2 is 1.85 bits per heavy atom. The fraction of sp³-hybridized carbons (Fsp3) is 0.0769. The second kappa shape index (κ2) is 8.29. The third kappa shape index (κ3) is 6.20. The molecule has 0 atom stereocenters. The number of benzene rings is 1. The molecule has 0 fully saturated rings. The molecule has 0 aliphatic rings. The maximum atomic E-state index is 12.5. The Balaban J connectivity index is 0.000000263. The molecular formula is C13H8BrClF4N2O4S. The molecule has 0 spiro atoms. The Morgan fingerprint density at radius 3 is 2.27 bits per heavy atom. The Labute approximate surface area is 157 Å². The van der Waals surface area contributed by atoms with E-state index in [0.717, 1.165) is 12.3 Å². The van der Waals surface area contributed by atoms with Gasteiger partial charge in [0.05, 0.1) is 15.6 Å². The second-order valence-corrected chi connectivity index (χ2v) is 7.10. The summed E-state index contributed by atoms with van der Waals surface area (Å²) in [6.07, 6.45) is -3.81. The molecule has 0 bridgehead atoms. The van der Waals surface area contributed by atoms with Crippen LogP contribution in [0.5, 0.6) is 0 Å². The number of hydrogen-bond acceptors (Lipinski definition) is 4. The number of nitrogens with zero attached hydrogens (tertiary/aromatic N) is 1. The summed E-state index contributed by atoms with van der Waals surface area (Å²) in [5, 5.41) is 0.141. The lowest BCUT2D eigenvalue weighted by molar-refractivity contribution is -0.138. The van der Waals surface area contributed by atoms with Crippen molar-refractivity contribution in [2.45, 2.75) is 11.1 Å². The number of carbonyl (C=O) groups is 1. The minimum atomic E-state index is -4.79. The third-order valence-electron chi connectivity index (χ3n) is 2.62. The number of amides is 1. The number of hydrogen-bond donors (Lipinski definition) is 2. The lowest BCUT2D eigenvalue weighted by atomic mass is 10.1. The molecule has 0 unspecified atom stereocenters. The highest BCUT2D eigenvalue weighted by Crippen LogP contribution is 2.32. The maximum absolute atomic E-state index is 12.5. The van der Waals surface area contributed by atoms with E-state index in [2.05, 4.69) is 20.9 Å². The molecule has 0 saturated heterocycles. The first-order valence-corrected chi connectivity index (χ1v) is 8.79. The van der Waals surface area contributed by atoms with E-state index in [1.165, 1.54) is 6.07 Å². The fourth-order valence-corrected chi connectivity index (χ4v) is 2.57. The summed E-state index contributed by atoms with van der Waals surface area (Å²) in [7, 11) is -4.19. The van der Waals surface area contributed by atoms with Crippen LogP contribution in [-0.2, 0) is 16.3 Å². The summed E-state index contributed by atoms with van der Waals surface area (Å²) in [5.41, 5.74) is 2.61. The van der Waals surface area contributed by atoms with E-state index in [-0.39, 0.29) is 16.1 Å². The van der Waals surface area contributed by atoms with Gasteiger partial charge in [0.2, 0.25) is 5.91 Å². The van der Waals surface area contributed by atoms with Crippen LogP contribution in [0, 0.1) is 5.82 Å². The summed E-state index contributed by atoms with van der Waals surface area (Å²) >= 11 is 8.46. The lowest BCUT2D eigenvalue weighted by Gasteiger charge is -2.09. The molecule has 0 radical (unpaired) electrons. The highest BCUT2D eigenvalue weighted by molar-refractivity contribution is 9.10. The van der Waals surface area contributed by atoms with Crippen LogP contribution in [-0.4, -0.2) is 23.9 Å². The van der Waals surface area contributed by atoms with Crippen molar-refractivity contribution in [1.82, 2.24) is 4.98 Å². The van der Waals surface area contributed by atoms with Gasteiger partial charge >= 0.3 is 6.18 Å². The smallest absolute Gasteiger partial charge is 0.366 e. The zero-order valence-corrected chi connectivity index (χ0v) is 15.4. The predicted octanol–water partition coefficient (Wildman–Crippen LogP) is 3.69. The molecule has 142 valence electrons. The standard InChI is InChI=1S/C8H5F4NO.C5H3BrClNO3S/c9-4-1-2-5(7(13)14)6(3-4)8(10,11)12;6-4-1-3(12(9,10)11)2-8-5(4)7/h1-3H,(H2,13,14);1-2H,(H,9,10,11). The molecule has 1 amide bonds. The van der Waals surface area contributed by atoms with E-state index in [4.69, 9.17) is 21.9 Å². The number of halogens is 6. The maximum Gasteiger partial charge on any atom is 0.417 e. The molecular weight excluding hydrogens is 472 g/mol. The quantitative estimate of drug-likeness (QED) is 0.388. The monoisotopic (exact) mass is 478 g/mol. The Kier molecular flexibility index (Phi) is 7.10. The number of pyridine rings is 1. The molecule has 2 rings (SSSR count). The molecule has 3 N–H and O–H groups in total. The molecule has 0 saturated carbocycles. The summed E-state index contributed by atoms with van der Waals surface area (Å²) in [5.74, 6) is -2.31. The van der Waals surface area contributed by atoms with Crippen molar-refractivity contribution in [3.8, 4) is 0 Å². The van der Waals surface area contributed by atoms with Crippen molar-refractivity contribution in [3.05, 3.63) is 57.0 Å². The van der Waals surface area contributed by atoms with Crippen LogP contribution in [0.1, 0.15) is 15.9 Å². The second-order valence-electron chi connectivity index (χ2n) is 4.47. The predicted molar refractivity (Wildman–Crippen MR) is 86.7 cm³/mol. The van der Waals surface area contributed by atoms with Crippen molar-refractivity contribution in [1.29, 1.82) is 0 Å². The molecule has 1 heterocycles. The van der Waals surface area contributed by atoms with Crippen LogP contribution in [0.15, 0.2) is 39.8 Å². The largest absolute Gasteiger partial charge is 0.417 e. The Morgan fingerprint density at radius 1 is 1.27 bits per heavy atom. The Hall–Kier alpha value is -1.76. The first kappa shape index (κ1) is 22.3. The normalized spacial score (nSPS) is 11.5. The van der Waals surface area contributed by atoms with Gasteiger partial charge in [-0.2, -0.15) is 21.6 Å². The van der Waals surface area contributed by atoms with Crippen molar-refractivity contribution in [3.63, 3.8) is 0 Å². The molecule has 1 aromatic carbocycles. The van der Waals surface area contributed by atoms with E-state index in [9.17, 15) is 30.8 Å². The summed E-state index contributed by atoms with van der Waals surface area (Å²) in [4.78, 5) is 13.8. The number of primary amides is 1. The molecule has 13 heteroatoms. The first-order chi connectivity index (χ1) is 11.7. The zero-order valence-electron chi connectivity index (χ0n) is 12.3. The SMILES string of the molecule is NC(=O)c1ccc(F)cc1C(F)(F)F.O=S(=O)(O)c1cnc(Cl)c(Br)c1. The summed E-state index contributed by atoms with van der Waals surface area (Å²) < 4.78 is 79.1. The van der Waals surface area contributed by atoms with Gasteiger partial charge in [0, 0.05) is 6.20 Å². The first-order valence-electron chi connectivity index (χ1n) is 6.18. The van der Waals surface area contributed by atoms with Crippen LogP contribution in [0.2, 0.25) is 5.15 Å². The number of alkyl halides is 3. The fourth-order valence-electron chi connectivity index (χ4n) is 1.51. The van der Waals surface area contributed by atoms with Crippen molar-refractivity contribution < 1.29 is 35.3 Å². The highest BCUT2D eigenvalue weighted by atomic mass is 79.9. The van der Waals surface area contributed by atoms with Gasteiger partial charge < -0.3 is 5.73 Å². The van der Waals surface area contributed by atoms with Gasteiger partial charge in [0.1, 0.15) is 15.9 Å². The van der Waals surface area contributed by atoms with E-state index >= 15 is 0 Å². The van der Waals surface area contributed by atoms with E-state index in [0.29, 0.717) is 10.5 Å². The number of carbonyl (C=O) groups excluding carboxylic acids is 1. The highest BCUT2D eigenvalue weighted by Gasteiger charge is 2.35. The van der Waals surface area contributed by atoms with Gasteiger partial charge in [-0.3, -0.25) is 9.35 Å². The average Bonchev–Trinajstić information content (AvgIpc) is 2.48. The van der Waals surface area contributed by atoms with Crippen molar-refractivity contribution in [2.24, 2.45) is 5.73 Å². The van der Waals surface area contributed by atoms with Crippen LogP contribution in [0.3, 0.4) is 0 Å². The summed E-state index contributed by atoms with van der Waals surface area (Å²) in [6, 6.07) is 2.86. The molecule has 1 aromatic heterocycles. The molecule has 2 aromatic rings. The minimum Gasteiger partial charge on any atom is -0.366 e. The van der Waals surface area contributed by atoms with Gasteiger partial charge in [0.15, 0.2) is 0 Å². The Bertz CT molecular complexity index is 938. The van der Waals surface area contributed by atoms with Gasteiger partial charge in [-0.15, -0.1) is 0 Å². The average molecular weight is 480 g/mol. The van der Waals surface area contributed by atoms with Crippen molar-refractivity contribution in [2.75, 3.05) is 0 Å². The van der Waals surface area contributed by atoms with Crippen LogP contribution < -0.4 is 5.73 Å². The lowest BCUT2D eigenvalue weighted by Crippen LogP contribution is -2.18. The molecule has 26 heavy (non-hydrogen) atoms. The van der Waals surface area contributed by atoms with E-state index in [1.807, 2.05) is 0 Å². The van der Waals surface area contributed by atoms with Gasteiger partial charge in [0.25, 0.3) is 10.1 Å². The zero-order chi connectivity index (χ0) is 20.3. The third-order valence-corrected chi connectivity index (χ3v) is 4.57. The van der Waals surface area contributed by atoms with E-state index in [1.54, 1.807) is 0 Å². The van der Waals surface area contributed by atoms with Gasteiger partial charge in [-0.1, -0.05) is 11.6 Å². The van der Waals surface area contributed by atoms with Gasteiger partial charge in [-0.25, -0.2) is 9.37 Å². The number of rotatable bonds is 2. The van der Waals surface area contributed by atoms with Crippen molar-refractivity contribution >= 4 is 43.6 Å². The minimum absolute atomic E-state index is 0.141. The number of nitrogens with two attached hydrogens (primary N) is 1. The number of aromatic nitrogens is 1. The van der Waals surface area contributed by atoms with Crippen LogP contribution >= 0.6 is 27.5 Å². The summed E-state index contributed by atoms with van der Waals surface area (Å²) in [6.45, 7) is 0. The molecule has 6 nitrogen and oxygen atoms in total. The van der Waals surface area contributed by atoms with E-state index < -0.39 is 39.1 Å². The van der Waals surface area contributed by atoms with Gasteiger partial charge in [-0.05, 0) is 40.2 Å². The van der Waals surface area contributed by atoms with Crippen LogP contribution in [0.4, 0.5) is 17.6 Å². The molecule has 0 aliphatic heterocycles.